The number of nitrogens with zero attached hydrogens (tertiary/aromatic N) is 2. The highest BCUT2D eigenvalue weighted by Crippen LogP contribution is 2.19. The van der Waals surface area contributed by atoms with Crippen molar-refractivity contribution in [2.45, 2.75) is 32.9 Å². The van der Waals surface area contributed by atoms with Gasteiger partial charge < -0.3 is 4.74 Å². The zero-order chi connectivity index (χ0) is 15.3. The first kappa shape index (κ1) is 16.0. The molecule has 0 radical (unpaired) electrons. The summed E-state index contributed by atoms with van der Waals surface area (Å²) in [5.74, 6) is -0.124. The van der Waals surface area contributed by atoms with Crippen molar-refractivity contribution in [1.82, 2.24) is 9.80 Å². The van der Waals surface area contributed by atoms with E-state index in [0.717, 1.165) is 32.7 Å². The number of piperazine rings is 1. The zero-order valence-electron chi connectivity index (χ0n) is 13.3. The maximum atomic E-state index is 12.1. The predicted molar refractivity (Wildman–Crippen MR) is 84.0 cm³/mol. The molecule has 1 aliphatic rings. The maximum absolute atomic E-state index is 12.1. The van der Waals surface area contributed by atoms with Crippen molar-refractivity contribution in [2.24, 2.45) is 0 Å². The van der Waals surface area contributed by atoms with E-state index in [4.69, 9.17) is 4.74 Å². The standard InChI is InChI=1S/C17H26N2O2/c1-4-21-16(20)17(2,3)19-12-10-18(11-13-19)14-15-8-6-5-7-9-15/h5-9H,4,10-14H2,1-3H3. The van der Waals surface area contributed by atoms with Crippen molar-refractivity contribution in [3.05, 3.63) is 35.9 Å². The third-order valence-corrected chi connectivity index (χ3v) is 4.19. The van der Waals surface area contributed by atoms with Crippen LogP contribution in [0.1, 0.15) is 26.3 Å². The topological polar surface area (TPSA) is 32.8 Å². The smallest absolute Gasteiger partial charge is 0.325 e. The van der Waals surface area contributed by atoms with E-state index in [1.807, 2.05) is 26.8 Å². The summed E-state index contributed by atoms with van der Waals surface area (Å²) < 4.78 is 5.19. The van der Waals surface area contributed by atoms with Crippen LogP contribution in [0.3, 0.4) is 0 Å². The Bertz CT molecular complexity index is 451. The van der Waals surface area contributed by atoms with Gasteiger partial charge in [0, 0.05) is 32.7 Å². The van der Waals surface area contributed by atoms with Crippen molar-refractivity contribution in [2.75, 3.05) is 32.8 Å². The summed E-state index contributed by atoms with van der Waals surface area (Å²) in [6.45, 7) is 11.0. The average molecular weight is 290 g/mol. The van der Waals surface area contributed by atoms with E-state index in [1.54, 1.807) is 0 Å². The Morgan fingerprint density at radius 2 is 1.76 bits per heavy atom. The average Bonchev–Trinajstić information content (AvgIpc) is 2.49. The van der Waals surface area contributed by atoms with Crippen molar-refractivity contribution >= 4 is 5.97 Å². The van der Waals surface area contributed by atoms with Crippen LogP contribution in [0, 0.1) is 0 Å². The molecular weight excluding hydrogens is 264 g/mol. The van der Waals surface area contributed by atoms with Gasteiger partial charge in [0.15, 0.2) is 0 Å². The van der Waals surface area contributed by atoms with Crippen molar-refractivity contribution in [3.8, 4) is 0 Å². The van der Waals surface area contributed by atoms with E-state index in [-0.39, 0.29) is 5.97 Å². The highest BCUT2D eigenvalue weighted by molar-refractivity contribution is 5.79. The monoisotopic (exact) mass is 290 g/mol. The first-order valence-corrected chi connectivity index (χ1v) is 7.72. The minimum atomic E-state index is -0.533. The fraction of sp³-hybridized carbons (Fsp3) is 0.588. The van der Waals surface area contributed by atoms with Gasteiger partial charge in [-0.1, -0.05) is 30.3 Å². The van der Waals surface area contributed by atoms with Crippen molar-refractivity contribution in [3.63, 3.8) is 0 Å². The van der Waals surface area contributed by atoms with Crippen LogP contribution >= 0.6 is 0 Å². The number of esters is 1. The molecule has 1 aliphatic heterocycles. The molecule has 21 heavy (non-hydrogen) atoms. The molecule has 0 amide bonds. The van der Waals surface area contributed by atoms with Gasteiger partial charge >= 0.3 is 5.97 Å². The Morgan fingerprint density at radius 3 is 2.33 bits per heavy atom. The number of rotatable bonds is 5. The highest BCUT2D eigenvalue weighted by atomic mass is 16.5. The molecule has 0 spiro atoms. The lowest BCUT2D eigenvalue weighted by atomic mass is 10.0. The van der Waals surface area contributed by atoms with Crippen LogP contribution in [0.5, 0.6) is 0 Å². The van der Waals surface area contributed by atoms with Crippen LogP contribution in [-0.2, 0) is 16.1 Å². The molecule has 1 heterocycles. The Morgan fingerprint density at radius 1 is 1.14 bits per heavy atom. The molecule has 1 saturated heterocycles. The molecule has 1 aromatic carbocycles. The largest absolute Gasteiger partial charge is 0.465 e. The number of ether oxygens (including phenoxy) is 1. The normalized spacial score (nSPS) is 17.7. The van der Waals surface area contributed by atoms with Gasteiger partial charge in [-0.05, 0) is 26.3 Å². The quantitative estimate of drug-likeness (QED) is 0.778. The maximum Gasteiger partial charge on any atom is 0.325 e. The lowest BCUT2D eigenvalue weighted by Gasteiger charge is -2.42. The Balaban J connectivity index is 1.87. The molecule has 116 valence electrons. The second-order valence-corrected chi connectivity index (χ2v) is 6.03. The SMILES string of the molecule is CCOC(=O)C(C)(C)N1CCN(Cc2ccccc2)CC1. The summed E-state index contributed by atoms with van der Waals surface area (Å²) in [6.07, 6.45) is 0. The van der Waals surface area contributed by atoms with Gasteiger partial charge in [0.05, 0.1) is 6.61 Å². The van der Waals surface area contributed by atoms with Crippen LogP contribution in [-0.4, -0.2) is 54.1 Å². The molecule has 0 aromatic heterocycles. The van der Waals surface area contributed by atoms with Gasteiger partial charge in [-0.2, -0.15) is 0 Å². The van der Waals surface area contributed by atoms with Crippen molar-refractivity contribution in [1.29, 1.82) is 0 Å². The minimum Gasteiger partial charge on any atom is -0.465 e. The van der Waals surface area contributed by atoms with E-state index in [1.165, 1.54) is 5.56 Å². The van der Waals surface area contributed by atoms with Crippen LogP contribution in [0.4, 0.5) is 0 Å². The molecule has 0 bridgehead atoms. The second-order valence-electron chi connectivity index (χ2n) is 6.03. The molecule has 0 aliphatic carbocycles. The highest BCUT2D eigenvalue weighted by Gasteiger charge is 2.37. The Labute approximate surface area is 127 Å². The molecule has 0 atom stereocenters. The molecule has 1 aromatic rings. The van der Waals surface area contributed by atoms with Gasteiger partial charge in [0.1, 0.15) is 5.54 Å². The fourth-order valence-corrected chi connectivity index (χ4v) is 2.74. The van der Waals surface area contributed by atoms with Gasteiger partial charge in [0.2, 0.25) is 0 Å². The third-order valence-electron chi connectivity index (χ3n) is 4.19. The molecule has 4 nitrogen and oxygen atoms in total. The molecule has 2 rings (SSSR count). The van der Waals surface area contributed by atoms with E-state index >= 15 is 0 Å². The summed E-state index contributed by atoms with van der Waals surface area (Å²) in [7, 11) is 0. The molecule has 0 saturated carbocycles. The molecular formula is C17H26N2O2. The lowest BCUT2D eigenvalue weighted by Crippen LogP contribution is -2.58. The Hall–Kier alpha value is -1.39. The molecule has 0 unspecified atom stereocenters. The summed E-state index contributed by atoms with van der Waals surface area (Å²) in [6, 6.07) is 10.5. The number of hydrogen-bond acceptors (Lipinski definition) is 4. The first-order chi connectivity index (χ1) is 10.0. The predicted octanol–water partition coefficient (Wildman–Crippen LogP) is 2.15. The van der Waals surface area contributed by atoms with E-state index < -0.39 is 5.54 Å². The summed E-state index contributed by atoms with van der Waals surface area (Å²) in [5, 5.41) is 0. The van der Waals surface area contributed by atoms with Crippen LogP contribution in [0.25, 0.3) is 0 Å². The molecule has 4 heteroatoms. The fourth-order valence-electron chi connectivity index (χ4n) is 2.74. The van der Waals surface area contributed by atoms with Gasteiger partial charge in [-0.25, -0.2) is 0 Å². The number of carbonyl (C=O) groups excluding carboxylic acids is 1. The van der Waals surface area contributed by atoms with Crippen molar-refractivity contribution < 1.29 is 9.53 Å². The number of carbonyl (C=O) groups is 1. The molecule has 1 fully saturated rings. The second kappa shape index (κ2) is 7.05. The van der Waals surface area contributed by atoms with Crippen LogP contribution < -0.4 is 0 Å². The van der Waals surface area contributed by atoms with E-state index in [2.05, 4.69) is 34.1 Å². The summed E-state index contributed by atoms with van der Waals surface area (Å²) in [5.41, 5.74) is 0.810. The van der Waals surface area contributed by atoms with Gasteiger partial charge in [0.25, 0.3) is 0 Å². The summed E-state index contributed by atoms with van der Waals surface area (Å²) in [4.78, 5) is 16.7. The van der Waals surface area contributed by atoms with E-state index in [0.29, 0.717) is 6.61 Å². The number of hydrogen-bond donors (Lipinski definition) is 0. The van der Waals surface area contributed by atoms with Gasteiger partial charge in [-0.3, -0.25) is 14.6 Å². The first-order valence-electron chi connectivity index (χ1n) is 7.72. The lowest BCUT2D eigenvalue weighted by molar-refractivity contribution is -0.157. The molecule has 0 N–H and O–H groups in total. The number of benzene rings is 1. The van der Waals surface area contributed by atoms with Crippen LogP contribution in [0.15, 0.2) is 30.3 Å². The third kappa shape index (κ3) is 4.05. The minimum absolute atomic E-state index is 0.124. The Kier molecular flexibility index (Phi) is 5.37. The van der Waals surface area contributed by atoms with Gasteiger partial charge in [-0.15, -0.1) is 0 Å². The van der Waals surface area contributed by atoms with E-state index in [9.17, 15) is 4.79 Å². The zero-order valence-corrected chi connectivity index (χ0v) is 13.3. The van der Waals surface area contributed by atoms with Crippen LogP contribution in [0.2, 0.25) is 0 Å². The summed E-state index contributed by atoms with van der Waals surface area (Å²) >= 11 is 0.